The van der Waals surface area contributed by atoms with Crippen molar-refractivity contribution in [3.8, 4) is 0 Å². The summed E-state index contributed by atoms with van der Waals surface area (Å²) < 4.78 is 0. The van der Waals surface area contributed by atoms with E-state index in [9.17, 15) is 4.79 Å². The minimum absolute atomic E-state index is 0.132. The fourth-order valence-corrected chi connectivity index (χ4v) is 1.25. The van der Waals surface area contributed by atoms with E-state index in [2.05, 4.69) is 11.9 Å². The average Bonchev–Trinajstić information content (AvgIpc) is 2.04. The van der Waals surface area contributed by atoms with Gasteiger partial charge in [0.15, 0.2) is 0 Å². The molecule has 0 aromatic carbocycles. The van der Waals surface area contributed by atoms with Gasteiger partial charge in [-0.05, 0) is 18.4 Å². The van der Waals surface area contributed by atoms with E-state index in [-0.39, 0.29) is 5.91 Å². The van der Waals surface area contributed by atoms with Crippen molar-refractivity contribution in [3.63, 3.8) is 0 Å². The average molecular weight is 151 g/mol. The molecule has 0 aromatic heterocycles. The first-order valence-electron chi connectivity index (χ1n) is 3.92. The molecule has 0 aliphatic carbocycles. The minimum Gasteiger partial charge on any atom is -0.330 e. The monoisotopic (exact) mass is 151 g/mol. The highest BCUT2D eigenvalue weighted by Gasteiger charge is 2.13. The van der Waals surface area contributed by atoms with Gasteiger partial charge >= 0.3 is 0 Å². The summed E-state index contributed by atoms with van der Waals surface area (Å²) in [7, 11) is 0. The van der Waals surface area contributed by atoms with E-state index in [4.69, 9.17) is 0 Å². The zero-order valence-corrected chi connectivity index (χ0v) is 6.81. The molecule has 0 aromatic rings. The summed E-state index contributed by atoms with van der Waals surface area (Å²) >= 11 is 0. The minimum atomic E-state index is 0.132. The van der Waals surface area contributed by atoms with Crippen molar-refractivity contribution >= 4 is 5.91 Å². The van der Waals surface area contributed by atoms with Gasteiger partial charge < -0.3 is 5.32 Å². The van der Waals surface area contributed by atoms with E-state index in [1.165, 1.54) is 5.57 Å². The molecule has 1 rings (SSSR count). The van der Waals surface area contributed by atoms with Crippen LogP contribution in [0.3, 0.4) is 0 Å². The lowest BCUT2D eigenvalue weighted by molar-refractivity contribution is -0.120. The fraction of sp³-hybridized carbons (Fsp3) is 0.444. The van der Waals surface area contributed by atoms with Gasteiger partial charge in [-0.15, -0.1) is 0 Å². The van der Waals surface area contributed by atoms with Gasteiger partial charge in [-0.1, -0.05) is 19.6 Å². The molecule has 0 radical (unpaired) electrons. The van der Waals surface area contributed by atoms with E-state index < -0.39 is 0 Å². The predicted octanol–water partition coefficient (Wildman–Crippen LogP) is 1.75. The molecule has 1 aliphatic heterocycles. The summed E-state index contributed by atoms with van der Waals surface area (Å²) in [6, 6.07) is 0. The quantitative estimate of drug-likeness (QED) is 0.640. The second-order valence-electron chi connectivity index (χ2n) is 2.61. The first kappa shape index (κ1) is 8.05. The van der Waals surface area contributed by atoms with Gasteiger partial charge in [0.05, 0.1) is 0 Å². The summed E-state index contributed by atoms with van der Waals surface area (Å²) in [5.41, 5.74) is 2.23. The van der Waals surface area contributed by atoms with E-state index in [1.54, 1.807) is 0 Å². The Morgan fingerprint density at radius 1 is 1.64 bits per heavy atom. The summed E-state index contributed by atoms with van der Waals surface area (Å²) in [5, 5.41) is 2.84. The molecule has 0 unspecified atom stereocenters. The molecule has 1 aliphatic rings. The fourth-order valence-electron chi connectivity index (χ4n) is 1.25. The third-order valence-electron chi connectivity index (χ3n) is 1.90. The van der Waals surface area contributed by atoms with Crippen LogP contribution in [-0.4, -0.2) is 5.91 Å². The molecule has 11 heavy (non-hydrogen) atoms. The van der Waals surface area contributed by atoms with Crippen molar-refractivity contribution in [1.29, 1.82) is 0 Å². The van der Waals surface area contributed by atoms with Crippen LogP contribution in [0.4, 0.5) is 0 Å². The van der Waals surface area contributed by atoms with Gasteiger partial charge in [-0.2, -0.15) is 0 Å². The molecule has 0 fully saturated rings. The first-order chi connectivity index (χ1) is 5.27. The van der Waals surface area contributed by atoms with Crippen LogP contribution >= 0.6 is 0 Å². The molecule has 1 amide bonds. The zero-order valence-electron chi connectivity index (χ0n) is 6.81. The van der Waals surface area contributed by atoms with E-state index in [0.717, 1.165) is 18.5 Å². The lowest BCUT2D eigenvalue weighted by Crippen LogP contribution is -2.27. The van der Waals surface area contributed by atoms with Crippen molar-refractivity contribution in [2.24, 2.45) is 0 Å². The molecule has 0 bridgehead atoms. The van der Waals surface area contributed by atoms with Crippen LogP contribution < -0.4 is 5.32 Å². The normalized spacial score (nSPS) is 18.1. The molecule has 0 spiro atoms. The lowest BCUT2D eigenvalue weighted by atomic mass is 10.0. The van der Waals surface area contributed by atoms with Gasteiger partial charge in [-0.25, -0.2) is 0 Å². The van der Waals surface area contributed by atoms with Crippen molar-refractivity contribution in [2.45, 2.75) is 26.2 Å². The second-order valence-corrected chi connectivity index (χ2v) is 2.61. The number of allylic oxidation sites excluding steroid dienone is 3. The van der Waals surface area contributed by atoms with Crippen LogP contribution in [0.25, 0.3) is 0 Å². The molecule has 60 valence electrons. The SMILES string of the molecule is C=CC1=C(CC)NC(=O)CC1. The van der Waals surface area contributed by atoms with E-state index >= 15 is 0 Å². The molecule has 2 heteroatoms. The second kappa shape index (κ2) is 3.37. The Kier molecular flexibility index (Phi) is 2.47. The summed E-state index contributed by atoms with van der Waals surface area (Å²) in [4.78, 5) is 10.9. The van der Waals surface area contributed by atoms with Crippen LogP contribution in [0.5, 0.6) is 0 Å². The van der Waals surface area contributed by atoms with Crippen molar-refractivity contribution < 1.29 is 4.79 Å². The number of nitrogens with one attached hydrogen (secondary N) is 1. The van der Waals surface area contributed by atoms with Crippen LogP contribution in [0.2, 0.25) is 0 Å². The number of amides is 1. The van der Waals surface area contributed by atoms with Gasteiger partial charge in [0.2, 0.25) is 5.91 Å². The Balaban J connectivity index is 2.82. The van der Waals surface area contributed by atoms with Gasteiger partial charge in [0.1, 0.15) is 0 Å². The van der Waals surface area contributed by atoms with E-state index in [1.807, 2.05) is 13.0 Å². The first-order valence-corrected chi connectivity index (χ1v) is 3.92. The Morgan fingerprint density at radius 2 is 2.36 bits per heavy atom. The number of rotatable bonds is 2. The molecular weight excluding hydrogens is 138 g/mol. The maximum Gasteiger partial charge on any atom is 0.224 e. The topological polar surface area (TPSA) is 29.1 Å². The van der Waals surface area contributed by atoms with E-state index in [0.29, 0.717) is 6.42 Å². The third-order valence-corrected chi connectivity index (χ3v) is 1.90. The third kappa shape index (κ3) is 1.70. The molecule has 2 nitrogen and oxygen atoms in total. The molecule has 1 heterocycles. The summed E-state index contributed by atoms with van der Waals surface area (Å²) in [5.74, 6) is 0.132. The molecule has 0 saturated heterocycles. The van der Waals surface area contributed by atoms with Crippen LogP contribution in [0.1, 0.15) is 26.2 Å². The van der Waals surface area contributed by atoms with Crippen molar-refractivity contribution in [2.75, 3.05) is 0 Å². The Morgan fingerprint density at radius 3 is 2.91 bits per heavy atom. The maximum absolute atomic E-state index is 10.9. The smallest absolute Gasteiger partial charge is 0.224 e. The lowest BCUT2D eigenvalue weighted by Gasteiger charge is -2.17. The Labute approximate surface area is 67.0 Å². The van der Waals surface area contributed by atoms with Gasteiger partial charge in [-0.3, -0.25) is 4.79 Å². The highest BCUT2D eigenvalue weighted by atomic mass is 16.1. The van der Waals surface area contributed by atoms with Crippen LogP contribution in [0.15, 0.2) is 23.9 Å². The predicted molar refractivity (Wildman–Crippen MR) is 44.9 cm³/mol. The number of carbonyl (C=O) groups excluding carboxylic acids is 1. The Bertz CT molecular complexity index is 216. The number of hydrogen-bond acceptors (Lipinski definition) is 1. The maximum atomic E-state index is 10.9. The molecule has 0 atom stereocenters. The standard InChI is InChI=1S/C9H13NO/c1-3-7-5-6-9(11)10-8(7)4-2/h3H,1,4-6H2,2H3,(H,10,11). The molecule has 1 N–H and O–H groups in total. The molecule has 0 saturated carbocycles. The Hall–Kier alpha value is -1.05. The van der Waals surface area contributed by atoms with Gasteiger partial charge in [0.25, 0.3) is 0 Å². The molecular formula is C9H13NO. The van der Waals surface area contributed by atoms with Gasteiger partial charge in [0, 0.05) is 12.1 Å². The highest BCUT2D eigenvalue weighted by Crippen LogP contribution is 2.17. The van der Waals surface area contributed by atoms with Crippen LogP contribution in [-0.2, 0) is 4.79 Å². The van der Waals surface area contributed by atoms with Crippen molar-refractivity contribution in [1.82, 2.24) is 5.32 Å². The number of hydrogen-bond donors (Lipinski definition) is 1. The summed E-state index contributed by atoms with van der Waals surface area (Å²) in [6.45, 7) is 5.73. The van der Waals surface area contributed by atoms with Crippen molar-refractivity contribution in [3.05, 3.63) is 23.9 Å². The largest absolute Gasteiger partial charge is 0.330 e. The highest BCUT2D eigenvalue weighted by molar-refractivity contribution is 5.79. The summed E-state index contributed by atoms with van der Waals surface area (Å²) in [6.07, 6.45) is 4.16. The number of carbonyl (C=O) groups is 1. The zero-order chi connectivity index (χ0) is 8.27. The van der Waals surface area contributed by atoms with Crippen LogP contribution in [0, 0.1) is 0 Å².